The fourth-order valence-corrected chi connectivity index (χ4v) is 1.91. The van der Waals surface area contributed by atoms with Crippen molar-refractivity contribution >= 4 is 11.9 Å². The quantitative estimate of drug-likeness (QED) is 0.374. The van der Waals surface area contributed by atoms with Crippen molar-refractivity contribution in [2.75, 3.05) is 6.54 Å². The average Bonchev–Trinajstić information content (AvgIpc) is 2.38. The number of carboxylic acid groups (broad SMARTS) is 1. The van der Waals surface area contributed by atoms with E-state index in [4.69, 9.17) is 5.53 Å². The van der Waals surface area contributed by atoms with Crippen molar-refractivity contribution in [1.29, 1.82) is 0 Å². The SMILES string of the molecule is [N-]=[N+]=NC1CN([C@@H](C(=O)O)c2ccccc2)C1=O. The summed E-state index contributed by atoms with van der Waals surface area (Å²) in [6.07, 6.45) is 0. The maximum Gasteiger partial charge on any atom is 0.331 e. The molecule has 1 heterocycles. The third-order valence-corrected chi connectivity index (χ3v) is 2.79. The maximum atomic E-state index is 11.7. The molecule has 2 atom stereocenters. The summed E-state index contributed by atoms with van der Waals surface area (Å²) in [6, 6.07) is 6.67. The number of carbonyl (C=O) groups excluding carboxylic acids is 1. The zero-order valence-corrected chi connectivity index (χ0v) is 9.30. The van der Waals surface area contributed by atoms with Gasteiger partial charge in [0.15, 0.2) is 6.04 Å². The Kier molecular flexibility index (Phi) is 3.16. The van der Waals surface area contributed by atoms with Gasteiger partial charge in [0.1, 0.15) is 6.04 Å². The number of nitrogens with zero attached hydrogens (tertiary/aromatic N) is 4. The molecule has 0 saturated carbocycles. The lowest BCUT2D eigenvalue weighted by Gasteiger charge is -2.40. The van der Waals surface area contributed by atoms with E-state index in [0.717, 1.165) is 0 Å². The predicted molar refractivity (Wildman–Crippen MR) is 61.5 cm³/mol. The van der Waals surface area contributed by atoms with Crippen molar-refractivity contribution < 1.29 is 14.7 Å². The van der Waals surface area contributed by atoms with Crippen LogP contribution >= 0.6 is 0 Å². The molecule has 0 aromatic heterocycles. The Hall–Kier alpha value is -2.53. The predicted octanol–water partition coefficient (Wildman–Crippen LogP) is 1.33. The molecule has 0 bridgehead atoms. The molecule has 1 aliphatic rings. The van der Waals surface area contributed by atoms with Gasteiger partial charge in [0.25, 0.3) is 0 Å². The lowest BCUT2D eigenvalue weighted by atomic mass is 9.99. The topological polar surface area (TPSA) is 106 Å². The highest BCUT2D eigenvalue weighted by Gasteiger charge is 2.43. The fraction of sp³-hybridized carbons (Fsp3) is 0.273. The van der Waals surface area contributed by atoms with Crippen LogP contribution in [0.25, 0.3) is 10.4 Å². The molecule has 7 nitrogen and oxygen atoms in total. The Morgan fingerprint density at radius 1 is 1.50 bits per heavy atom. The summed E-state index contributed by atoms with van der Waals surface area (Å²) in [5, 5.41) is 12.5. The standard InChI is InChI=1S/C11H10N4O3/c12-14-13-8-6-15(10(8)16)9(11(17)18)7-4-2-1-3-5-7/h1-5,8-9H,6H2,(H,17,18)/t8?,9-/m1/s1. The number of aliphatic carboxylic acids is 1. The number of likely N-dealkylation sites (tertiary alicyclic amines) is 1. The minimum Gasteiger partial charge on any atom is -0.479 e. The van der Waals surface area contributed by atoms with E-state index >= 15 is 0 Å². The number of carbonyl (C=O) groups is 2. The van der Waals surface area contributed by atoms with Crippen molar-refractivity contribution in [2.45, 2.75) is 12.1 Å². The van der Waals surface area contributed by atoms with Gasteiger partial charge in [-0.05, 0) is 11.1 Å². The van der Waals surface area contributed by atoms with Crippen LogP contribution in [-0.2, 0) is 9.59 Å². The molecule has 0 spiro atoms. The second kappa shape index (κ2) is 4.77. The lowest BCUT2D eigenvalue weighted by Crippen LogP contribution is -2.58. The number of rotatable bonds is 4. The average molecular weight is 246 g/mol. The minimum atomic E-state index is -1.10. The highest BCUT2D eigenvalue weighted by Crippen LogP contribution is 2.28. The molecule has 0 aliphatic carbocycles. The number of azide groups is 1. The van der Waals surface area contributed by atoms with Gasteiger partial charge in [0.05, 0.1) is 0 Å². The first-order valence-electron chi connectivity index (χ1n) is 5.27. The van der Waals surface area contributed by atoms with Gasteiger partial charge in [-0.15, -0.1) is 0 Å². The molecule has 1 aromatic carbocycles. The van der Waals surface area contributed by atoms with Gasteiger partial charge < -0.3 is 10.0 Å². The summed E-state index contributed by atoms with van der Waals surface area (Å²) < 4.78 is 0. The van der Waals surface area contributed by atoms with Gasteiger partial charge in [-0.2, -0.15) is 0 Å². The number of benzene rings is 1. The molecule has 1 unspecified atom stereocenters. The summed E-state index contributed by atoms with van der Waals surface area (Å²) in [7, 11) is 0. The van der Waals surface area contributed by atoms with Gasteiger partial charge in [-0.1, -0.05) is 35.4 Å². The first-order valence-corrected chi connectivity index (χ1v) is 5.27. The summed E-state index contributed by atoms with van der Waals surface area (Å²) in [5.41, 5.74) is 8.77. The van der Waals surface area contributed by atoms with E-state index in [1.165, 1.54) is 4.90 Å². The van der Waals surface area contributed by atoms with E-state index in [1.807, 2.05) is 0 Å². The second-order valence-corrected chi connectivity index (χ2v) is 3.86. The molecule has 1 amide bonds. The molecule has 1 aliphatic heterocycles. The van der Waals surface area contributed by atoms with E-state index in [1.54, 1.807) is 30.3 Å². The van der Waals surface area contributed by atoms with Crippen LogP contribution in [0, 0.1) is 0 Å². The Balaban J connectivity index is 2.22. The number of amides is 1. The molecule has 18 heavy (non-hydrogen) atoms. The first-order chi connectivity index (χ1) is 8.65. The summed E-state index contributed by atoms with van der Waals surface area (Å²) in [6.45, 7) is 0.134. The van der Waals surface area contributed by atoms with Crippen LogP contribution in [0.4, 0.5) is 0 Å². The van der Waals surface area contributed by atoms with Crippen LogP contribution in [0.2, 0.25) is 0 Å². The van der Waals surface area contributed by atoms with Crippen LogP contribution in [0.15, 0.2) is 35.4 Å². The third kappa shape index (κ3) is 1.99. The van der Waals surface area contributed by atoms with Gasteiger partial charge in [0, 0.05) is 11.5 Å². The molecule has 92 valence electrons. The van der Waals surface area contributed by atoms with Crippen LogP contribution in [0.5, 0.6) is 0 Å². The summed E-state index contributed by atoms with van der Waals surface area (Å²) >= 11 is 0. The lowest BCUT2D eigenvalue weighted by molar-refractivity contribution is -0.158. The van der Waals surface area contributed by atoms with Gasteiger partial charge in [-0.25, -0.2) is 4.79 Å². The highest BCUT2D eigenvalue weighted by atomic mass is 16.4. The van der Waals surface area contributed by atoms with Crippen LogP contribution in [0.3, 0.4) is 0 Å². The van der Waals surface area contributed by atoms with Crippen molar-refractivity contribution in [3.63, 3.8) is 0 Å². The second-order valence-electron chi connectivity index (χ2n) is 3.86. The highest BCUT2D eigenvalue weighted by molar-refractivity contribution is 5.92. The molecule has 0 radical (unpaired) electrons. The molecule has 1 N–H and O–H groups in total. The van der Waals surface area contributed by atoms with Gasteiger partial charge in [-0.3, -0.25) is 4.79 Å². The number of hydrogen-bond donors (Lipinski definition) is 1. The van der Waals surface area contributed by atoms with Crippen LogP contribution in [-0.4, -0.2) is 34.5 Å². The van der Waals surface area contributed by atoms with E-state index in [2.05, 4.69) is 10.0 Å². The molecule has 1 fully saturated rings. The van der Waals surface area contributed by atoms with Crippen LogP contribution in [0.1, 0.15) is 11.6 Å². The van der Waals surface area contributed by atoms with Gasteiger partial charge >= 0.3 is 5.97 Å². The van der Waals surface area contributed by atoms with E-state index < -0.39 is 24.0 Å². The smallest absolute Gasteiger partial charge is 0.331 e. The number of hydrogen-bond acceptors (Lipinski definition) is 3. The van der Waals surface area contributed by atoms with Gasteiger partial charge in [0.2, 0.25) is 5.91 Å². The monoisotopic (exact) mass is 246 g/mol. The molecular weight excluding hydrogens is 236 g/mol. The Bertz CT molecular complexity index is 524. The summed E-state index contributed by atoms with van der Waals surface area (Å²) in [4.78, 5) is 26.7. The number of β-lactam (4-membered cyclic amide) rings is 1. The molecular formula is C11H10N4O3. The maximum absolute atomic E-state index is 11.7. The Labute approximate surface area is 102 Å². The molecule has 7 heteroatoms. The molecule has 1 aromatic rings. The molecule has 2 rings (SSSR count). The van der Waals surface area contributed by atoms with E-state index in [9.17, 15) is 14.7 Å². The number of carboxylic acids is 1. The zero-order chi connectivity index (χ0) is 13.1. The zero-order valence-electron chi connectivity index (χ0n) is 9.30. The Morgan fingerprint density at radius 2 is 2.17 bits per heavy atom. The minimum absolute atomic E-state index is 0.134. The van der Waals surface area contributed by atoms with E-state index in [-0.39, 0.29) is 6.54 Å². The molecule has 1 saturated heterocycles. The van der Waals surface area contributed by atoms with Crippen molar-refractivity contribution in [3.05, 3.63) is 46.3 Å². The Morgan fingerprint density at radius 3 is 2.67 bits per heavy atom. The van der Waals surface area contributed by atoms with Crippen molar-refractivity contribution in [1.82, 2.24) is 4.90 Å². The van der Waals surface area contributed by atoms with Crippen molar-refractivity contribution in [3.8, 4) is 0 Å². The fourth-order valence-electron chi connectivity index (χ4n) is 1.91. The van der Waals surface area contributed by atoms with E-state index in [0.29, 0.717) is 5.56 Å². The normalized spacial score (nSPS) is 19.7. The van der Waals surface area contributed by atoms with Crippen molar-refractivity contribution in [2.24, 2.45) is 5.11 Å². The summed E-state index contributed by atoms with van der Waals surface area (Å²) in [5.74, 6) is -1.56. The third-order valence-electron chi connectivity index (χ3n) is 2.79. The largest absolute Gasteiger partial charge is 0.479 e. The van der Waals surface area contributed by atoms with Crippen LogP contribution < -0.4 is 0 Å². The first kappa shape index (κ1) is 11.9.